The Balaban J connectivity index is 1.79. The van der Waals surface area contributed by atoms with E-state index in [2.05, 4.69) is 20.8 Å². The second-order valence-electron chi connectivity index (χ2n) is 6.11. The lowest BCUT2D eigenvalue weighted by Crippen LogP contribution is -2.23. The summed E-state index contributed by atoms with van der Waals surface area (Å²) in [5, 5.41) is 15.6. The number of carbonyl (C=O) groups is 1. The van der Waals surface area contributed by atoms with E-state index in [1.165, 1.54) is 23.9 Å². The van der Waals surface area contributed by atoms with Crippen LogP contribution in [0, 0.1) is 13.8 Å². The van der Waals surface area contributed by atoms with E-state index in [1.807, 2.05) is 32.0 Å². The number of tetrazole rings is 1. The molecule has 0 spiro atoms. The number of thioether (sulfide) groups is 1. The molecule has 0 radical (unpaired) electrons. The number of benzene rings is 2. The molecule has 1 amide bonds. The molecule has 146 valence electrons. The summed E-state index contributed by atoms with van der Waals surface area (Å²) in [7, 11) is 0. The van der Waals surface area contributed by atoms with Gasteiger partial charge in [0, 0.05) is 0 Å². The summed E-state index contributed by atoms with van der Waals surface area (Å²) in [6.07, 6.45) is 0. The van der Waals surface area contributed by atoms with Gasteiger partial charge in [-0.3, -0.25) is 4.79 Å². The number of amides is 1. The summed E-state index contributed by atoms with van der Waals surface area (Å²) in [5.74, 6) is -0.263. The third kappa shape index (κ3) is 4.43. The van der Waals surface area contributed by atoms with Crippen LogP contribution in [-0.4, -0.2) is 31.4 Å². The first kappa shape index (κ1) is 20.9. The highest BCUT2D eigenvalue weighted by molar-refractivity contribution is 8.00. The first-order valence-corrected chi connectivity index (χ1v) is 10.3. The number of rotatable bonds is 5. The zero-order chi connectivity index (χ0) is 20.4. The topological polar surface area (TPSA) is 72.7 Å². The highest BCUT2D eigenvalue weighted by Gasteiger charge is 2.21. The van der Waals surface area contributed by atoms with E-state index in [0.29, 0.717) is 25.9 Å². The lowest BCUT2D eigenvalue weighted by Gasteiger charge is -2.14. The van der Waals surface area contributed by atoms with Crippen molar-refractivity contribution in [3.05, 3.63) is 56.5 Å². The van der Waals surface area contributed by atoms with Crippen LogP contribution in [0.5, 0.6) is 0 Å². The van der Waals surface area contributed by atoms with Gasteiger partial charge in [-0.1, -0.05) is 64.8 Å². The standard InChI is InChI=1S/C18H16Cl3N5OS/c1-9-5-4-6-10(2)16(9)26-18(23-24-25-26)28-11(3)17(27)22-15-8-13(20)12(19)7-14(15)21/h4-8,11H,1-3H3,(H,22,27). The fourth-order valence-electron chi connectivity index (χ4n) is 2.60. The normalized spacial score (nSPS) is 12.1. The Morgan fingerprint density at radius 2 is 1.75 bits per heavy atom. The molecule has 10 heteroatoms. The summed E-state index contributed by atoms with van der Waals surface area (Å²) in [6, 6.07) is 8.95. The molecule has 6 nitrogen and oxygen atoms in total. The molecule has 1 aromatic heterocycles. The van der Waals surface area contributed by atoms with Gasteiger partial charge in [-0.05, 0) is 54.5 Å². The van der Waals surface area contributed by atoms with Crippen LogP contribution in [0.25, 0.3) is 5.69 Å². The van der Waals surface area contributed by atoms with Crippen LogP contribution >= 0.6 is 46.6 Å². The van der Waals surface area contributed by atoms with Gasteiger partial charge in [0.2, 0.25) is 11.1 Å². The molecule has 28 heavy (non-hydrogen) atoms. The van der Waals surface area contributed by atoms with Gasteiger partial charge in [0.15, 0.2) is 0 Å². The van der Waals surface area contributed by atoms with Crippen molar-refractivity contribution in [3.8, 4) is 5.69 Å². The highest BCUT2D eigenvalue weighted by Crippen LogP contribution is 2.33. The molecular formula is C18H16Cl3N5OS. The van der Waals surface area contributed by atoms with E-state index in [-0.39, 0.29) is 5.91 Å². The monoisotopic (exact) mass is 455 g/mol. The maximum atomic E-state index is 12.6. The predicted molar refractivity (Wildman–Crippen MR) is 114 cm³/mol. The number of hydrogen-bond donors (Lipinski definition) is 1. The van der Waals surface area contributed by atoms with Crippen molar-refractivity contribution in [3.63, 3.8) is 0 Å². The number of carbonyl (C=O) groups excluding carboxylic acids is 1. The molecule has 0 aliphatic carbocycles. The Hall–Kier alpha value is -1.80. The maximum absolute atomic E-state index is 12.6. The van der Waals surface area contributed by atoms with E-state index in [1.54, 1.807) is 11.6 Å². The molecule has 0 saturated heterocycles. The summed E-state index contributed by atoms with van der Waals surface area (Å²) in [6.45, 7) is 5.73. The Bertz CT molecular complexity index is 1020. The Morgan fingerprint density at radius 3 is 2.43 bits per heavy atom. The van der Waals surface area contributed by atoms with E-state index >= 15 is 0 Å². The van der Waals surface area contributed by atoms with Gasteiger partial charge in [-0.25, -0.2) is 0 Å². The Morgan fingerprint density at radius 1 is 1.11 bits per heavy atom. The number of hydrogen-bond acceptors (Lipinski definition) is 5. The molecule has 0 fully saturated rings. The van der Waals surface area contributed by atoms with Gasteiger partial charge in [0.1, 0.15) is 0 Å². The van der Waals surface area contributed by atoms with Crippen molar-refractivity contribution >= 4 is 58.2 Å². The number of halogens is 3. The van der Waals surface area contributed by atoms with Crippen LogP contribution in [0.15, 0.2) is 35.5 Å². The van der Waals surface area contributed by atoms with Crippen molar-refractivity contribution < 1.29 is 4.79 Å². The third-order valence-corrected chi connectivity index (χ3v) is 6.08. The van der Waals surface area contributed by atoms with Crippen molar-refractivity contribution in [1.82, 2.24) is 20.2 Å². The fourth-order valence-corrected chi connectivity index (χ4v) is 3.98. The second-order valence-corrected chi connectivity index (χ2v) is 8.64. The van der Waals surface area contributed by atoms with Crippen molar-refractivity contribution in [2.45, 2.75) is 31.2 Å². The van der Waals surface area contributed by atoms with Crippen LogP contribution in [0.1, 0.15) is 18.1 Å². The predicted octanol–water partition coefficient (Wildman–Crippen LogP) is 5.36. The molecule has 1 atom stereocenters. The molecule has 3 rings (SSSR count). The molecule has 1 N–H and O–H groups in total. The molecule has 0 bridgehead atoms. The largest absolute Gasteiger partial charge is 0.324 e. The number of aromatic nitrogens is 4. The summed E-state index contributed by atoms with van der Waals surface area (Å²) in [4.78, 5) is 12.6. The zero-order valence-corrected chi connectivity index (χ0v) is 18.3. The fraction of sp³-hybridized carbons (Fsp3) is 0.222. The first-order chi connectivity index (χ1) is 13.3. The summed E-state index contributed by atoms with van der Waals surface area (Å²) >= 11 is 19.3. The molecule has 2 aromatic carbocycles. The number of aryl methyl sites for hydroxylation is 2. The van der Waals surface area contributed by atoms with Crippen molar-refractivity contribution in [2.75, 3.05) is 5.32 Å². The third-order valence-electron chi connectivity index (χ3n) is 4.01. The van der Waals surface area contributed by atoms with Crippen molar-refractivity contribution in [2.24, 2.45) is 0 Å². The molecular weight excluding hydrogens is 441 g/mol. The zero-order valence-electron chi connectivity index (χ0n) is 15.2. The van der Waals surface area contributed by atoms with Crippen LogP contribution in [0.4, 0.5) is 5.69 Å². The van der Waals surface area contributed by atoms with Crippen LogP contribution in [0.2, 0.25) is 15.1 Å². The molecule has 1 heterocycles. The maximum Gasteiger partial charge on any atom is 0.237 e. The second kappa shape index (κ2) is 8.69. The van der Waals surface area contributed by atoms with Gasteiger partial charge >= 0.3 is 0 Å². The Labute approximate surface area is 181 Å². The summed E-state index contributed by atoms with van der Waals surface area (Å²) in [5.41, 5.74) is 3.36. The van der Waals surface area contributed by atoms with Gasteiger partial charge in [-0.15, -0.1) is 5.10 Å². The van der Waals surface area contributed by atoms with Gasteiger partial charge < -0.3 is 5.32 Å². The summed E-state index contributed by atoms with van der Waals surface area (Å²) < 4.78 is 1.64. The minimum absolute atomic E-state index is 0.263. The number of nitrogens with zero attached hydrogens (tertiary/aromatic N) is 4. The van der Waals surface area contributed by atoms with E-state index in [9.17, 15) is 4.79 Å². The lowest BCUT2D eigenvalue weighted by molar-refractivity contribution is -0.115. The molecule has 0 aliphatic heterocycles. The first-order valence-electron chi connectivity index (χ1n) is 8.25. The number of anilines is 1. The molecule has 0 saturated carbocycles. The van der Waals surface area contributed by atoms with E-state index in [4.69, 9.17) is 34.8 Å². The quantitative estimate of drug-likeness (QED) is 0.413. The minimum atomic E-state index is -0.486. The van der Waals surface area contributed by atoms with E-state index < -0.39 is 5.25 Å². The van der Waals surface area contributed by atoms with Crippen LogP contribution in [-0.2, 0) is 4.79 Å². The van der Waals surface area contributed by atoms with Gasteiger partial charge in [-0.2, -0.15) is 4.68 Å². The minimum Gasteiger partial charge on any atom is -0.324 e. The molecule has 0 aliphatic rings. The van der Waals surface area contributed by atoms with E-state index in [0.717, 1.165) is 16.8 Å². The average Bonchev–Trinajstić information content (AvgIpc) is 3.07. The smallest absolute Gasteiger partial charge is 0.237 e. The van der Waals surface area contributed by atoms with Gasteiger partial charge in [0.05, 0.1) is 31.7 Å². The van der Waals surface area contributed by atoms with Crippen LogP contribution in [0.3, 0.4) is 0 Å². The Kier molecular flexibility index (Phi) is 6.50. The molecule has 3 aromatic rings. The molecule has 1 unspecified atom stereocenters. The SMILES string of the molecule is Cc1cccc(C)c1-n1nnnc1SC(C)C(=O)Nc1cc(Cl)c(Cl)cc1Cl. The average molecular weight is 457 g/mol. The number of para-hydroxylation sites is 1. The lowest BCUT2D eigenvalue weighted by atomic mass is 10.1. The van der Waals surface area contributed by atoms with Crippen LogP contribution < -0.4 is 5.32 Å². The highest BCUT2D eigenvalue weighted by atomic mass is 35.5. The van der Waals surface area contributed by atoms with Gasteiger partial charge in [0.25, 0.3) is 0 Å². The number of nitrogens with one attached hydrogen (secondary N) is 1. The van der Waals surface area contributed by atoms with Crippen molar-refractivity contribution in [1.29, 1.82) is 0 Å².